The number of nitrogens with one attached hydrogen (secondary N) is 1. The summed E-state index contributed by atoms with van der Waals surface area (Å²) in [7, 11) is 1.61. The third-order valence-electron chi connectivity index (χ3n) is 4.23. The van der Waals surface area contributed by atoms with Gasteiger partial charge in [0, 0.05) is 11.3 Å². The smallest absolute Gasteiger partial charge is 0.255 e. The molecule has 0 aliphatic carbocycles. The molecule has 0 bridgehead atoms. The molecule has 0 aliphatic rings. The maximum Gasteiger partial charge on any atom is 0.255 e. The van der Waals surface area contributed by atoms with Crippen LogP contribution >= 0.6 is 0 Å². The Kier molecular flexibility index (Phi) is 8.53. The van der Waals surface area contributed by atoms with Gasteiger partial charge in [-0.25, -0.2) is 0 Å². The average Bonchev–Trinajstić information content (AvgIpc) is 2.68. The van der Waals surface area contributed by atoms with Gasteiger partial charge < -0.3 is 14.8 Å². The Morgan fingerprint density at radius 3 is 2.12 bits per heavy atom. The van der Waals surface area contributed by atoms with Crippen molar-refractivity contribution in [2.45, 2.75) is 45.4 Å². The fourth-order valence-corrected chi connectivity index (χ4v) is 2.65. The number of ether oxygens (including phenoxy) is 2. The SMILES string of the molecule is CCCCCCCCOc1ccc(C(=O)Nc2ccc(OC)cc2)cc1. The van der Waals surface area contributed by atoms with Crippen molar-refractivity contribution in [3.8, 4) is 11.5 Å². The lowest BCUT2D eigenvalue weighted by atomic mass is 10.1. The van der Waals surface area contributed by atoms with Gasteiger partial charge in [-0.15, -0.1) is 0 Å². The Labute approximate surface area is 156 Å². The molecular weight excluding hydrogens is 326 g/mol. The zero-order valence-corrected chi connectivity index (χ0v) is 15.8. The van der Waals surface area contributed by atoms with Crippen molar-refractivity contribution in [2.75, 3.05) is 19.0 Å². The maximum absolute atomic E-state index is 12.3. The van der Waals surface area contributed by atoms with E-state index >= 15 is 0 Å². The van der Waals surface area contributed by atoms with Crippen LogP contribution in [0.2, 0.25) is 0 Å². The van der Waals surface area contributed by atoms with Crippen LogP contribution in [0.1, 0.15) is 55.8 Å². The normalized spacial score (nSPS) is 10.4. The van der Waals surface area contributed by atoms with E-state index in [0.717, 1.165) is 30.2 Å². The number of rotatable bonds is 11. The first-order valence-corrected chi connectivity index (χ1v) is 9.41. The molecule has 0 spiro atoms. The number of unbranched alkanes of at least 4 members (excludes halogenated alkanes) is 5. The van der Waals surface area contributed by atoms with Gasteiger partial charge >= 0.3 is 0 Å². The van der Waals surface area contributed by atoms with E-state index in [2.05, 4.69) is 12.2 Å². The lowest BCUT2D eigenvalue weighted by molar-refractivity contribution is 0.102. The van der Waals surface area contributed by atoms with Gasteiger partial charge in [0.1, 0.15) is 11.5 Å². The highest BCUT2D eigenvalue weighted by molar-refractivity contribution is 6.04. The van der Waals surface area contributed by atoms with Gasteiger partial charge in [-0.3, -0.25) is 4.79 Å². The number of methoxy groups -OCH3 is 1. The first kappa shape index (κ1) is 19.8. The molecule has 4 heteroatoms. The molecule has 0 unspecified atom stereocenters. The number of amides is 1. The van der Waals surface area contributed by atoms with Crippen LogP contribution in [-0.4, -0.2) is 19.6 Å². The Bertz CT molecular complexity index is 650. The summed E-state index contributed by atoms with van der Waals surface area (Å²) in [6.07, 6.45) is 7.47. The number of benzene rings is 2. The Hall–Kier alpha value is -2.49. The average molecular weight is 355 g/mol. The zero-order valence-electron chi connectivity index (χ0n) is 15.8. The molecule has 0 saturated heterocycles. The molecule has 0 heterocycles. The van der Waals surface area contributed by atoms with Gasteiger partial charge in [0.25, 0.3) is 5.91 Å². The molecule has 0 atom stereocenters. The minimum absolute atomic E-state index is 0.141. The van der Waals surface area contributed by atoms with E-state index in [9.17, 15) is 4.79 Å². The van der Waals surface area contributed by atoms with Crippen molar-refractivity contribution in [1.29, 1.82) is 0 Å². The zero-order chi connectivity index (χ0) is 18.6. The van der Waals surface area contributed by atoms with Crippen molar-refractivity contribution in [3.63, 3.8) is 0 Å². The number of hydrogen-bond acceptors (Lipinski definition) is 3. The topological polar surface area (TPSA) is 47.6 Å². The highest BCUT2D eigenvalue weighted by Gasteiger charge is 2.06. The largest absolute Gasteiger partial charge is 0.497 e. The summed E-state index contributed by atoms with van der Waals surface area (Å²) in [6, 6.07) is 14.5. The molecule has 1 amide bonds. The van der Waals surface area contributed by atoms with Crippen LogP contribution < -0.4 is 14.8 Å². The van der Waals surface area contributed by atoms with E-state index in [1.165, 1.54) is 32.1 Å². The highest BCUT2D eigenvalue weighted by atomic mass is 16.5. The summed E-state index contributed by atoms with van der Waals surface area (Å²) in [5, 5.41) is 2.87. The van der Waals surface area contributed by atoms with Crippen molar-refractivity contribution in [1.82, 2.24) is 0 Å². The van der Waals surface area contributed by atoms with Crippen LogP contribution in [-0.2, 0) is 0 Å². The number of anilines is 1. The van der Waals surface area contributed by atoms with Crippen molar-refractivity contribution >= 4 is 11.6 Å². The summed E-state index contributed by atoms with van der Waals surface area (Å²) in [5.74, 6) is 1.42. The van der Waals surface area contributed by atoms with Crippen LogP contribution in [0, 0.1) is 0 Å². The van der Waals surface area contributed by atoms with Crippen molar-refractivity contribution < 1.29 is 14.3 Å². The number of carbonyl (C=O) groups is 1. The van der Waals surface area contributed by atoms with Crippen LogP contribution in [0.4, 0.5) is 5.69 Å². The Morgan fingerprint density at radius 1 is 0.846 bits per heavy atom. The standard InChI is InChI=1S/C22H29NO3/c1-3-4-5-6-7-8-17-26-21-13-9-18(10-14-21)22(24)23-19-11-15-20(25-2)16-12-19/h9-16H,3-8,17H2,1-2H3,(H,23,24). The van der Waals surface area contributed by atoms with Crippen LogP contribution in [0.15, 0.2) is 48.5 Å². The van der Waals surface area contributed by atoms with Gasteiger partial charge in [-0.2, -0.15) is 0 Å². The summed E-state index contributed by atoms with van der Waals surface area (Å²) < 4.78 is 10.9. The third-order valence-corrected chi connectivity index (χ3v) is 4.23. The quantitative estimate of drug-likeness (QED) is 0.527. The highest BCUT2D eigenvalue weighted by Crippen LogP contribution is 2.17. The molecule has 2 aromatic rings. The molecule has 140 valence electrons. The van der Waals surface area contributed by atoms with Crippen LogP contribution in [0.25, 0.3) is 0 Å². The number of carbonyl (C=O) groups excluding carboxylic acids is 1. The second kappa shape index (κ2) is 11.2. The molecule has 2 rings (SSSR count). The summed E-state index contributed by atoms with van der Waals surface area (Å²) >= 11 is 0. The van der Waals surface area contributed by atoms with E-state index in [1.54, 1.807) is 19.2 Å². The molecule has 0 saturated carbocycles. The van der Waals surface area contributed by atoms with Crippen molar-refractivity contribution in [3.05, 3.63) is 54.1 Å². The Balaban J connectivity index is 1.74. The Morgan fingerprint density at radius 2 is 1.46 bits per heavy atom. The van der Waals surface area contributed by atoms with E-state index in [1.807, 2.05) is 36.4 Å². The number of hydrogen-bond donors (Lipinski definition) is 1. The minimum Gasteiger partial charge on any atom is -0.497 e. The lowest BCUT2D eigenvalue weighted by Gasteiger charge is -2.08. The van der Waals surface area contributed by atoms with Gasteiger partial charge in [-0.05, 0) is 55.0 Å². The molecular formula is C22H29NO3. The maximum atomic E-state index is 12.3. The van der Waals surface area contributed by atoms with Crippen LogP contribution in [0.3, 0.4) is 0 Å². The van der Waals surface area contributed by atoms with E-state index in [-0.39, 0.29) is 5.91 Å². The predicted octanol–water partition coefficient (Wildman–Crippen LogP) is 5.69. The summed E-state index contributed by atoms with van der Waals surface area (Å²) in [5.41, 5.74) is 1.34. The molecule has 0 aromatic heterocycles. The molecule has 0 radical (unpaired) electrons. The monoisotopic (exact) mass is 355 g/mol. The van der Waals surface area contributed by atoms with Gasteiger partial charge in [-0.1, -0.05) is 39.0 Å². The first-order chi connectivity index (χ1) is 12.7. The molecule has 0 aliphatic heterocycles. The van der Waals surface area contributed by atoms with E-state index in [0.29, 0.717) is 5.56 Å². The van der Waals surface area contributed by atoms with Gasteiger partial charge in [0.2, 0.25) is 0 Å². The fourth-order valence-electron chi connectivity index (χ4n) is 2.65. The van der Waals surface area contributed by atoms with Crippen LogP contribution in [0.5, 0.6) is 11.5 Å². The van der Waals surface area contributed by atoms with Gasteiger partial charge in [0.05, 0.1) is 13.7 Å². The third kappa shape index (κ3) is 6.79. The van der Waals surface area contributed by atoms with E-state index in [4.69, 9.17) is 9.47 Å². The second-order valence-electron chi connectivity index (χ2n) is 6.32. The first-order valence-electron chi connectivity index (χ1n) is 9.41. The molecule has 1 N–H and O–H groups in total. The van der Waals surface area contributed by atoms with Crippen molar-refractivity contribution in [2.24, 2.45) is 0 Å². The van der Waals surface area contributed by atoms with E-state index < -0.39 is 0 Å². The predicted molar refractivity (Wildman–Crippen MR) is 106 cm³/mol. The molecule has 0 fully saturated rings. The second-order valence-corrected chi connectivity index (χ2v) is 6.32. The lowest BCUT2D eigenvalue weighted by Crippen LogP contribution is -2.11. The summed E-state index contributed by atoms with van der Waals surface area (Å²) in [6.45, 7) is 2.95. The van der Waals surface area contributed by atoms with Gasteiger partial charge in [0.15, 0.2) is 0 Å². The molecule has 4 nitrogen and oxygen atoms in total. The minimum atomic E-state index is -0.141. The molecule has 26 heavy (non-hydrogen) atoms. The fraction of sp³-hybridized carbons (Fsp3) is 0.409. The summed E-state index contributed by atoms with van der Waals surface area (Å²) in [4.78, 5) is 12.3. The molecule has 2 aromatic carbocycles.